The Bertz CT molecular complexity index is 1650. The molecule has 3 aliphatic heterocycles. The predicted molar refractivity (Wildman–Crippen MR) is 342 cm³/mol. The van der Waals surface area contributed by atoms with Crippen LogP contribution < -0.4 is 5.32 Å². The third-order valence-electron chi connectivity index (χ3n) is 18.3. The van der Waals surface area contributed by atoms with Crippen molar-refractivity contribution >= 4 is 5.91 Å². The standard InChI is InChI=1S/C69H131NO18/c1-3-5-7-9-11-13-15-17-19-20-21-22-23-24-25-26-27-28-29-30-31-32-33-35-37-39-41-43-45-47-57(75)70-52(53(74)46-44-42-40-38-36-34-18-16-14-12-10-8-6-4-2)51-83-67-63(81)60(78)65(55(49-72)85-67)88-69-64(82)61(79)66(56(50-73)86-69)87-68-62(80)59(77)58(76)54(48-71)84-68/h20-21,52-56,58-69,71-74,76-82H,3-19,22-51H2,1-2H3,(H,70,75)/b21-20-. The highest BCUT2D eigenvalue weighted by atomic mass is 16.8. The Balaban J connectivity index is 1.37. The second-order valence-electron chi connectivity index (χ2n) is 26.1. The minimum absolute atomic E-state index is 0.238. The number of carbonyl (C=O) groups excluding carboxylic acids is 1. The lowest BCUT2D eigenvalue weighted by molar-refractivity contribution is -0.379. The first-order valence-electron chi connectivity index (χ1n) is 35.9. The minimum Gasteiger partial charge on any atom is -0.394 e. The van der Waals surface area contributed by atoms with E-state index in [2.05, 4.69) is 31.3 Å². The van der Waals surface area contributed by atoms with Gasteiger partial charge in [-0.1, -0.05) is 257 Å². The number of carbonyl (C=O) groups is 1. The minimum atomic E-state index is -1.97. The fraction of sp³-hybridized carbons (Fsp3) is 0.957. The van der Waals surface area contributed by atoms with Crippen molar-refractivity contribution in [1.29, 1.82) is 0 Å². The second kappa shape index (κ2) is 51.9. The van der Waals surface area contributed by atoms with Crippen molar-refractivity contribution in [2.45, 2.75) is 394 Å². The highest BCUT2D eigenvalue weighted by Crippen LogP contribution is 2.33. The van der Waals surface area contributed by atoms with Crippen LogP contribution in [0.4, 0.5) is 0 Å². The lowest BCUT2D eigenvalue weighted by Gasteiger charge is -2.48. The van der Waals surface area contributed by atoms with Gasteiger partial charge in [-0.25, -0.2) is 0 Å². The van der Waals surface area contributed by atoms with Crippen LogP contribution in [0.1, 0.15) is 290 Å². The van der Waals surface area contributed by atoms with Crippen LogP contribution in [0.15, 0.2) is 12.2 Å². The van der Waals surface area contributed by atoms with Crippen molar-refractivity contribution in [3.8, 4) is 0 Å². The van der Waals surface area contributed by atoms with Crippen LogP contribution >= 0.6 is 0 Å². The number of amides is 1. The highest BCUT2D eigenvalue weighted by molar-refractivity contribution is 5.76. The van der Waals surface area contributed by atoms with E-state index < -0.39 is 124 Å². The van der Waals surface area contributed by atoms with E-state index in [-0.39, 0.29) is 18.9 Å². The van der Waals surface area contributed by atoms with Gasteiger partial charge in [0.1, 0.15) is 73.2 Å². The molecule has 520 valence electrons. The molecule has 3 saturated heterocycles. The Morgan fingerprint density at radius 3 is 1.10 bits per heavy atom. The van der Waals surface area contributed by atoms with Gasteiger partial charge in [-0.05, 0) is 38.5 Å². The summed E-state index contributed by atoms with van der Waals surface area (Å²) >= 11 is 0. The third kappa shape index (κ3) is 33.6. The number of aliphatic hydroxyl groups excluding tert-OH is 11. The van der Waals surface area contributed by atoms with E-state index in [1.54, 1.807) is 0 Å². The van der Waals surface area contributed by atoms with Crippen molar-refractivity contribution < 1.29 is 89.4 Å². The SMILES string of the molecule is CCCCCCCCCC/C=C\CCCCCCCCCCCCCCCCCCCC(=O)NC(COC1OC(CO)C(OC2OC(CO)C(OC3OC(CO)C(O)C(O)C3O)C(O)C2O)C(O)C1O)C(O)CCCCCCCCCCCCCCCC. The van der Waals surface area contributed by atoms with Gasteiger partial charge in [-0.15, -0.1) is 0 Å². The average Bonchev–Trinajstić information content (AvgIpc) is 2.57. The van der Waals surface area contributed by atoms with Crippen LogP contribution in [0.3, 0.4) is 0 Å². The van der Waals surface area contributed by atoms with Crippen molar-refractivity contribution in [2.24, 2.45) is 0 Å². The second-order valence-corrected chi connectivity index (χ2v) is 26.1. The first-order chi connectivity index (χ1) is 42.8. The fourth-order valence-electron chi connectivity index (χ4n) is 12.5. The molecule has 0 saturated carbocycles. The maximum Gasteiger partial charge on any atom is 0.220 e. The predicted octanol–water partition coefficient (Wildman–Crippen LogP) is 9.67. The van der Waals surface area contributed by atoms with Crippen molar-refractivity contribution in [3.63, 3.8) is 0 Å². The van der Waals surface area contributed by atoms with Crippen LogP contribution in [0, 0.1) is 0 Å². The molecule has 17 unspecified atom stereocenters. The van der Waals surface area contributed by atoms with E-state index >= 15 is 0 Å². The zero-order valence-electron chi connectivity index (χ0n) is 55.0. The molecule has 3 aliphatic rings. The molecule has 0 aliphatic carbocycles. The molecule has 0 bridgehead atoms. The normalized spacial score (nSPS) is 28.4. The molecule has 88 heavy (non-hydrogen) atoms. The Kier molecular flexibility index (Phi) is 47.6. The van der Waals surface area contributed by atoms with E-state index in [0.29, 0.717) is 12.8 Å². The average molecular weight is 1260 g/mol. The van der Waals surface area contributed by atoms with Gasteiger partial charge in [-0.3, -0.25) is 4.79 Å². The Hall–Kier alpha value is -1.47. The Morgan fingerprint density at radius 1 is 0.398 bits per heavy atom. The maximum atomic E-state index is 13.4. The molecule has 0 aromatic carbocycles. The van der Waals surface area contributed by atoms with E-state index in [9.17, 15) is 61.0 Å². The van der Waals surface area contributed by atoms with Crippen LogP contribution in [0.25, 0.3) is 0 Å². The molecule has 3 fully saturated rings. The van der Waals surface area contributed by atoms with Crippen molar-refractivity contribution in [2.75, 3.05) is 26.4 Å². The molecule has 0 spiro atoms. The van der Waals surface area contributed by atoms with E-state index in [1.165, 1.54) is 212 Å². The van der Waals surface area contributed by atoms with Crippen LogP contribution in [-0.2, 0) is 33.2 Å². The number of ether oxygens (including phenoxy) is 6. The number of hydrogen-bond acceptors (Lipinski definition) is 18. The van der Waals surface area contributed by atoms with Gasteiger partial charge in [0.25, 0.3) is 0 Å². The van der Waals surface area contributed by atoms with Gasteiger partial charge in [0.2, 0.25) is 5.91 Å². The molecular formula is C69H131NO18. The zero-order valence-corrected chi connectivity index (χ0v) is 55.0. The third-order valence-corrected chi connectivity index (χ3v) is 18.3. The van der Waals surface area contributed by atoms with Gasteiger partial charge < -0.3 is 89.9 Å². The number of unbranched alkanes of at least 4 members (excludes halogenated alkanes) is 38. The molecule has 1 amide bonds. The number of hydrogen-bond donors (Lipinski definition) is 12. The monoisotopic (exact) mass is 1260 g/mol. The van der Waals surface area contributed by atoms with Crippen LogP contribution in [-0.4, -0.2) is 193 Å². The van der Waals surface area contributed by atoms with Gasteiger partial charge >= 0.3 is 0 Å². The largest absolute Gasteiger partial charge is 0.394 e. The number of rotatable bonds is 56. The fourth-order valence-corrected chi connectivity index (χ4v) is 12.5. The summed E-state index contributed by atoms with van der Waals surface area (Å²) < 4.78 is 34.4. The first-order valence-corrected chi connectivity index (χ1v) is 35.9. The number of allylic oxidation sites excluding steroid dienone is 2. The van der Waals surface area contributed by atoms with Gasteiger partial charge in [-0.2, -0.15) is 0 Å². The lowest BCUT2D eigenvalue weighted by atomic mass is 9.96. The summed E-state index contributed by atoms with van der Waals surface area (Å²) in [4.78, 5) is 13.4. The van der Waals surface area contributed by atoms with Crippen molar-refractivity contribution in [3.05, 3.63) is 12.2 Å². The topological polar surface area (TPSA) is 307 Å². The molecule has 0 aromatic rings. The van der Waals surface area contributed by atoms with Gasteiger partial charge in [0, 0.05) is 6.42 Å². The summed E-state index contributed by atoms with van der Waals surface area (Å²) in [5, 5.41) is 121. The summed E-state index contributed by atoms with van der Waals surface area (Å²) in [7, 11) is 0. The molecule has 12 N–H and O–H groups in total. The summed E-state index contributed by atoms with van der Waals surface area (Å²) in [5.41, 5.74) is 0. The summed E-state index contributed by atoms with van der Waals surface area (Å²) in [5.74, 6) is -0.238. The summed E-state index contributed by atoms with van der Waals surface area (Å²) in [6, 6.07) is -0.883. The molecular weight excluding hydrogens is 1130 g/mol. The van der Waals surface area contributed by atoms with Crippen LogP contribution in [0.2, 0.25) is 0 Å². The zero-order chi connectivity index (χ0) is 64.0. The summed E-state index contributed by atoms with van der Waals surface area (Å²) in [6.45, 7) is 1.83. The van der Waals surface area contributed by atoms with Crippen LogP contribution in [0.5, 0.6) is 0 Å². The quantitative estimate of drug-likeness (QED) is 0.0199. The molecule has 0 radical (unpaired) electrons. The lowest BCUT2D eigenvalue weighted by Crippen LogP contribution is -2.66. The molecule has 3 rings (SSSR count). The molecule has 0 aromatic heterocycles. The van der Waals surface area contributed by atoms with Gasteiger partial charge in [0.15, 0.2) is 18.9 Å². The smallest absolute Gasteiger partial charge is 0.220 e. The first kappa shape index (κ1) is 80.8. The summed E-state index contributed by atoms with van der Waals surface area (Å²) in [6.07, 6.45) is 30.2. The Labute approximate surface area is 531 Å². The van der Waals surface area contributed by atoms with Gasteiger partial charge in [0.05, 0.1) is 38.6 Å². The molecule has 19 heteroatoms. The molecule has 3 heterocycles. The number of nitrogens with one attached hydrogen (secondary N) is 1. The molecule has 19 nitrogen and oxygen atoms in total. The van der Waals surface area contributed by atoms with E-state index in [4.69, 9.17) is 28.4 Å². The number of aliphatic hydroxyl groups is 11. The maximum absolute atomic E-state index is 13.4. The van der Waals surface area contributed by atoms with E-state index in [1.807, 2.05) is 0 Å². The highest BCUT2D eigenvalue weighted by Gasteiger charge is 2.53. The Morgan fingerprint density at radius 2 is 0.716 bits per heavy atom. The van der Waals surface area contributed by atoms with E-state index in [0.717, 1.165) is 44.9 Å². The molecule has 17 atom stereocenters. The van der Waals surface area contributed by atoms with Crippen molar-refractivity contribution in [1.82, 2.24) is 5.32 Å².